The lowest BCUT2D eigenvalue weighted by molar-refractivity contribution is -0.133. The maximum Gasteiger partial charge on any atom is 0.275 e. The summed E-state index contributed by atoms with van der Waals surface area (Å²) >= 11 is 3.54. The Kier molecular flexibility index (Phi) is 8.26. The van der Waals surface area contributed by atoms with E-state index in [9.17, 15) is 14.4 Å². The van der Waals surface area contributed by atoms with Crippen LogP contribution in [0.15, 0.2) is 58.0 Å². The van der Waals surface area contributed by atoms with Crippen LogP contribution in [0.3, 0.4) is 0 Å². The monoisotopic (exact) mass is 579 g/mol. The summed E-state index contributed by atoms with van der Waals surface area (Å²) in [6, 6.07) is 15.0. The molecule has 2 amide bonds. The highest BCUT2D eigenvalue weighted by molar-refractivity contribution is 9.10. The van der Waals surface area contributed by atoms with E-state index in [1.165, 1.54) is 6.92 Å². The zero-order valence-electron chi connectivity index (χ0n) is 23.0. The molecule has 1 aliphatic carbocycles. The normalized spacial score (nSPS) is 22.4. The lowest BCUT2D eigenvalue weighted by Crippen LogP contribution is -2.50. The highest BCUT2D eigenvalue weighted by Gasteiger charge is 2.51. The topological polar surface area (TPSA) is 78.8 Å². The lowest BCUT2D eigenvalue weighted by atomic mass is 9.69. The van der Waals surface area contributed by atoms with E-state index < -0.39 is 5.66 Å². The first kappa shape index (κ1) is 28.2. The van der Waals surface area contributed by atoms with Crippen molar-refractivity contribution in [2.75, 3.05) is 6.54 Å². The molecule has 38 heavy (non-hydrogen) atoms. The van der Waals surface area contributed by atoms with Crippen molar-refractivity contribution in [3.8, 4) is 0 Å². The second-order valence-electron chi connectivity index (χ2n) is 11.8. The number of amides is 2. The van der Waals surface area contributed by atoms with Gasteiger partial charge in [-0.05, 0) is 80.7 Å². The molecule has 1 saturated carbocycles. The summed E-state index contributed by atoms with van der Waals surface area (Å²) in [5.41, 5.74) is 2.49. The number of halogens is 1. The van der Waals surface area contributed by atoms with Crippen molar-refractivity contribution in [1.82, 2.24) is 10.2 Å². The second kappa shape index (κ2) is 11.1. The van der Waals surface area contributed by atoms with E-state index in [0.717, 1.165) is 41.3 Å². The van der Waals surface area contributed by atoms with Gasteiger partial charge in [-0.3, -0.25) is 19.4 Å². The number of benzene rings is 2. The van der Waals surface area contributed by atoms with Crippen molar-refractivity contribution in [2.24, 2.45) is 16.3 Å². The zero-order chi connectivity index (χ0) is 27.7. The average molecular weight is 581 g/mol. The molecule has 6 nitrogen and oxygen atoms in total. The lowest BCUT2D eigenvalue weighted by Gasteiger charge is -2.46. The third-order valence-electron chi connectivity index (χ3n) is 8.10. The van der Waals surface area contributed by atoms with Crippen LogP contribution in [-0.2, 0) is 9.59 Å². The van der Waals surface area contributed by atoms with Gasteiger partial charge in [0.05, 0.1) is 6.04 Å². The summed E-state index contributed by atoms with van der Waals surface area (Å²) in [6.45, 7) is 10.8. The smallest absolute Gasteiger partial charge is 0.275 e. The zero-order valence-corrected chi connectivity index (χ0v) is 24.6. The molecule has 7 heteroatoms. The SMILES string of the molecule is CC(=O)CCNC(=O)c1ccc(C(C)N2C(=O)C(c3cccc(Br)c3)=NC23CCC(C(C)(C)C)CC3)cc1. The van der Waals surface area contributed by atoms with E-state index in [1.807, 2.05) is 41.3 Å². The third-order valence-corrected chi connectivity index (χ3v) is 8.60. The first-order chi connectivity index (χ1) is 17.9. The molecule has 1 atom stereocenters. The molecular weight excluding hydrogens is 542 g/mol. The molecule has 1 fully saturated rings. The Labute approximate surface area is 234 Å². The molecule has 2 aromatic rings. The Bertz CT molecular complexity index is 1240. The van der Waals surface area contributed by atoms with Crippen molar-refractivity contribution in [1.29, 1.82) is 0 Å². The number of Topliss-reactive ketones (excluding diaryl/α,β-unsaturated/α-hetero) is 1. The summed E-state index contributed by atoms with van der Waals surface area (Å²) in [5.74, 6) is 0.377. The van der Waals surface area contributed by atoms with Crippen LogP contribution in [0, 0.1) is 11.3 Å². The van der Waals surface area contributed by atoms with Gasteiger partial charge in [0.2, 0.25) is 0 Å². The minimum absolute atomic E-state index is 0.0414. The molecule has 0 radical (unpaired) electrons. The van der Waals surface area contributed by atoms with E-state index >= 15 is 0 Å². The van der Waals surface area contributed by atoms with Crippen molar-refractivity contribution in [3.63, 3.8) is 0 Å². The fourth-order valence-electron chi connectivity index (χ4n) is 5.79. The maximum atomic E-state index is 14.0. The Morgan fingerprint density at radius 3 is 2.37 bits per heavy atom. The van der Waals surface area contributed by atoms with Crippen molar-refractivity contribution < 1.29 is 14.4 Å². The van der Waals surface area contributed by atoms with Gasteiger partial charge >= 0.3 is 0 Å². The van der Waals surface area contributed by atoms with Crippen LogP contribution in [0.5, 0.6) is 0 Å². The number of carbonyl (C=O) groups excluding carboxylic acids is 3. The number of hydrogen-bond donors (Lipinski definition) is 1. The Morgan fingerprint density at radius 2 is 1.79 bits per heavy atom. The van der Waals surface area contributed by atoms with E-state index in [1.54, 1.807) is 12.1 Å². The third kappa shape index (κ3) is 5.93. The number of hydrogen-bond acceptors (Lipinski definition) is 4. The van der Waals surface area contributed by atoms with Gasteiger partial charge in [0.25, 0.3) is 11.8 Å². The first-order valence-corrected chi connectivity index (χ1v) is 14.3. The van der Waals surface area contributed by atoms with Crippen LogP contribution in [0.2, 0.25) is 0 Å². The summed E-state index contributed by atoms with van der Waals surface area (Å²) in [6.07, 6.45) is 4.03. The van der Waals surface area contributed by atoms with E-state index in [-0.39, 0.29) is 29.1 Å². The quantitative estimate of drug-likeness (QED) is 0.407. The molecular formula is C31H38BrN3O3. The molecule has 1 spiro atoms. The highest BCUT2D eigenvalue weighted by Crippen LogP contribution is 2.49. The first-order valence-electron chi connectivity index (χ1n) is 13.5. The highest BCUT2D eigenvalue weighted by atomic mass is 79.9. The number of carbonyl (C=O) groups is 3. The van der Waals surface area contributed by atoms with Crippen molar-refractivity contribution in [2.45, 2.75) is 78.4 Å². The molecule has 1 heterocycles. The van der Waals surface area contributed by atoms with Crippen molar-refractivity contribution >= 4 is 39.2 Å². The second-order valence-corrected chi connectivity index (χ2v) is 12.7. The van der Waals surface area contributed by atoms with Crippen LogP contribution in [-0.4, -0.2) is 40.4 Å². The molecule has 0 bridgehead atoms. The molecule has 4 rings (SSSR count). The Balaban J connectivity index is 1.61. The molecule has 0 aromatic heterocycles. The number of ketones is 1. The number of nitrogens with one attached hydrogen (secondary N) is 1. The Hall–Kier alpha value is -2.80. The van der Waals surface area contributed by atoms with Gasteiger partial charge in [0, 0.05) is 28.6 Å². The molecule has 202 valence electrons. The minimum Gasteiger partial charge on any atom is -0.352 e. The van der Waals surface area contributed by atoms with Crippen LogP contribution in [0.4, 0.5) is 0 Å². The molecule has 2 aliphatic rings. The summed E-state index contributed by atoms with van der Waals surface area (Å²) in [5, 5.41) is 2.79. The fraction of sp³-hybridized carbons (Fsp3) is 0.484. The van der Waals surface area contributed by atoms with E-state index in [2.05, 4.69) is 48.9 Å². The van der Waals surface area contributed by atoms with Crippen LogP contribution < -0.4 is 5.32 Å². The number of rotatable bonds is 7. The van der Waals surface area contributed by atoms with Gasteiger partial charge in [-0.1, -0.05) is 61.0 Å². The van der Waals surface area contributed by atoms with Crippen LogP contribution >= 0.6 is 15.9 Å². The summed E-state index contributed by atoms with van der Waals surface area (Å²) < 4.78 is 0.916. The molecule has 2 aromatic carbocycles. The minimum atomic E-state index is -0.571. The van der Waals surface area contributed by atoms with Gasteiger partial charge in [-0.2, -0.15) is 0 Å². The van der Waals surface area contributed by atoms with Crippen molar-refractivity contribution in [3.05, 3.63) is 69.7 Å². The van der Waals surface area contributed by atoms with Gasteiger partial charge < -0.3 is 10.2 Å². The van der Waals surface area contributed by atoms with Crippen LogP contribution in [0.25, 0.3) is 0 Å². The maximum absolute atomic E-state index is 14.0. The predicted molar refractivity (Wildman–Crippen MR) is 154 cm³/mol. The molecule has 1 aliphatic heterocycles. The van der Waals surface area contributed by atoms with Crippen LogP contribution in [0.1, 0.15) is 94.2 Å². The Morgan fingerprint density at radius 1 is 1.13 bits per heavy atom. The molecule has 1 N–H and O–H groups in total. The number of nitrogens with zero attached hydrogens (tertiary/aromatic N) is 2. The van der Waals surface area contributed by atoms with E-state index in [0.29, 0.717) is 30.2 Å². The predicted octanol–water partition coefficient (Wildman–Crippen LogP) is 6.48. The summed E-state index contributed by atoms with van der Waals surface area (Å²) in [7, 11) is 0. The summed E-state index contributed by atoms with van der Waals surface area (Å²) in [4.78, 5) is 44.9. The van der Waals surface area contributed by atoms with E-state index in [4.69, 9.17) is 4.99 Å². The molecule has 0 saturated heterocycles. The standard InChI is InChI=1S/C31H38BrN3O3/c1-20(36)15-18-33-28(37)23-11-9-22(10-12-23)21(2)35-29(38)27(24-7-6-8-26(32)19-24)34-31(35)16-13-25(14-17-31)30(3,4)5/h6-12,19,21,25H,13-18H2,1-5H3,(H,33,37). The average Bonchev–Trinajstić information content (AvgIpc) is 3.14. The van der Waals surface area contributed by atoms with Gasteiger partial charge in [0.15, 0.2) is 0 Å². The van der Waals surface area contributed by atoms with Gasteiger partial charge in [-0.25, -0.2) is 0 Å². The molecule has 1 unspecified atom stereocenters. The van der Waals surface area contributed by atoms with Gasteiger partial charge in [-0.15, -0.1) is 0 Å². The van der Waals surface area contributed by atoms with Gasteiger partial charge in [0.1, 0.15) is 17.2 Å². The number of aliphatic imine (C=N–C) groups is 1. The largest absolute Gasteiger partial charge is 0.352 e. The fourth-order valence-corrected chi connectivity index (χ4v) is 6.19.